The van der Waals surface area contributed by atoms with Gasteiger partial charge >= 0.3 is 6.09 Å². The van der Waals surface area contributed by atoms with Crippen molar-refractivity contribution in [3.05, 3.63) is 34.9 Å². The Morgan fingerprint density at radius 2 is 2.19 bits per heavy atom. The van der Waals surface area contributed by atoms with Crippen LogP contribution < -0.4 is 5.32 Å². The highest BCUT2D eigenvalue weighted by atomic mass is 16.6. The van der Waals surface area contributed by atoms with Crippen molar-refractivity contribution in [2.24, 2.45) is 0 Å². The van der Waals surface area contributed by atoms with Gasteiger partial charge in [0.25, 0.3) is 5.91 Å². The van der Waals surface area contributed by atoms with Crippen LogP contribution in [-0.4, -0.2) is 12.0 Å². The molecule has 2 amide bonds. The Hall–Kier alpha value is -1.84. The molecule has 1 saturated heterocycles. The molecule has 1 aliphatic carbocycles. The molecule has 1 aromatic rings. The van der Waals surface area contributed by atoms with Crippen LogP contribution in [0.3, 0.4) is 0 Å². The van der Waals surface area contributed by atoms with Gasteiger partial charge in [0, 0.05) is 12.0 Å². The first kappa shape index (κ1) is 9.39. The minimum absolute atomic E-state index is 0.333. The van der Waals surface area contributed by atoms with E-state index in [1.165, 1.54) is 0 Å². The molecular formula is C12H11NO3. The van der Waals surface area contributed by atoms with Crippen LogP contribution in [0.1, 0.15) is 23.1 Å². The number of aryl methyl sites for hydroxylation is 2. The van der Waals surface area contributed by atoms with Gasteiger partial charge in [-0.15, -0.1) is 0 Å². The van der Waals surface area contributed by atoms with Crippen molar-refractivity contribution in [3.8, 4) is 0 Å². The smallest absolute Gasteiger partial charge is 0.415 e. The summed E-state index contributed by atoms with van der Waals surface area (Å²) in [6.45, 7) is 2.01. The molecule has 1 aliphatic heterocycles. The number of fused-ring (bicyclic) bond motifs is 2. The van der Waals surface area contributed by atoms with Gasteiger partial charge in [-0.1, -0.05) is 23.8 Å². The Kier molecular flexibility index (Phi) is 1.67. The summed E-state index contributed by atoms with van der Waals surface area (Å²) >= 11 is 0. The lowest BCUT2D eigenvalue weighted by molar-refractivity contribution is -0.131. The lowest BCUT2D eigenvalue weighted by atomic mass is 9.95. The summed E-state index contributed by atoms with van der Waals surface area (Å²) in [4.78, 5) is 22.9. The Labute approximate surface area is 92.6 Å². The third-order valence-corrected chi connectivity index (χ3v) is 3.29. The number of alkyl carbamates (subject to hydrolysis) is 1. The Balaban J connectivity index is 2.15. The van der Waals surface area contributed by atoms with Crippen molar-refractivity contribution in [3.63, 3.8) is 0 Å². The molecule has 4 heteroatoms. The molecule has 4 nitrogen and oxygen atoms in total. The number of imide groups is 1. The van der Waals surface area contributed by atoms with Crippen LogP contribution in [0.5, 0.6) is 0 Å². The zero-order valence-electron chi connectivity index (χ0n) is 8.87. The van der Waals surface area contributed by atoms with Gasteiger partial charge in [0.1, 0.15) is 0 Å². The average Bonchev–Trinajstić information content (AvgIpc) is 2.70. The molecule has 1 aromatic carbocycles. The highest BCUT2D eigenvalue weighted by molar-refractivity contribution is 6.04. The van der Waals surface area contributed by atoms with Crippen LogP contribution >= 0.6 is 0 Å². The molecule has 1 spiro atoms. The summed E-state index contributed by atoms with van der Waals surface area (Å²) in [5, 5.41) is 2.20. The van der Waals surface area contributed by atoms with Crippen LogP contribution in [0.4, 0.5) is 4.79 Å². The largest absolute Gasteiger partial charge is 0.427 e. The highest BCUT2D eigenvalue weighted by Gasteiger charge is 2.53. The molecule has 16 heavy (non-hydrogen) atoms. The van der Waals surface area contributed by atoms with Gasteiger partial charge in [-0.25, -0.2) is 4.79 Å². The third-order valence-electron chi connectivity index (χ3n) is 3.29. The second kappa shape index (κ2) is 2.84. The highest BCUT2D eigenvalue weighted by Crippen LogP contribution is 2.42. The van der Waals surface area contributed by atoms with Gasteiger partial charge < -0.3 is 4.74 Å². The number of ether oxygens (including phenoxy) is 1. The summed E-state index contributed by atoms with van der Waals surface area (Å²) in [7, 11) is 0. The first-order chi connectivity index (χ1) is 7.62. The minimum atomic E-state index is -1.06. The van der Waals surface area contributed by atoms with Gasteiger partial charge in [0.15, 0.2) is 0 Å². The molecule has 1 heterocycles. The van der Waals surface area contributed by atoms with E-state index in [9.17, 15) is 9.59 Å². The number of hydrogen-bond donors (Lipinski definition) is 1. The predicted octanol–water partition coefficient (Wildman–Crippen LogP) is 1.40. The van der Waals surface area contributed by atoms with Crippen molar-refractivity contribution in [2.45, 2.75) is 25.4 Å². The Morgan fingerprint density at radius 3 is 2.88 bits per heavy atom. The summed E-state index contributed by atoms with van der Waals surface area (Å²) < 4.78 is 5.19. The van der Waals surface area contributed by atoms with Gasteiger partial charge in [-0.2, -0.15) is 0 Å². The topological polar surface area (TPSA) is 55.4 Å². The van der Waals surface area contributed by atoms with Gasteiger partial charge in [-0.3, -0.25) is 10.1 Å². The fraction of sp³-hybridized carbons (Fsp3) is 0.333. The van der Waals surface area contributed by atoms with Crippen LogP contribution in [0, 0.1) is 6.92 Å². The molecule has 0 bridgehead atoms. The lowest BCUT2D eigenvalue weighted by Gasteiger charge is -2.19. The molecule has 1 atom stereocenters. The predicted molar refractivity (Wildman–Crippen MR) is 55.8 cm³/mol. The van der Waals surface area contributed by atoms with Crippen LogP contribution in [-0.2, 0) is 21.6 Å². The molecule has 0 aromatic heterocycles. The van der Waals surface area contributed by atoms with E-state index in [2.05, 4.69) is 5.32 Å². The monoisotopic (exact) mass is 217 g/mol. The van der Waals surface area contributed by atoms with E-state index in [4.69, 9.17) is 4.74 Å². The zero-order valence-corrected chi connectivity index (χ0v) is 8.87. The Morgan fingerprint density at radius 1 is 1.38 bits per heavy atom. The molecule has 0 unspecified atom stereocenters. The fourth-order valence-electron chi connectivity index (χ4n) is 2.53. The number of hydrogen-bond acceptors (Lipinski definition) is 3. The second-order valence-electron chi connectivity index (χ2n) is 4.33. The van der Waals surface area contributed by atoms with Crippen molar-refractivity contribution in [2.75, 3.05) is 0 Å². The normalized spacial score (nSPS) is 26.8. The van der Waals surface area contributed by atoms with Crippen LogP contribution in [0.25, 0.3) is 0 Å². The molecular weight excluding hydrogens is 206 g/mol. The van der Waals surface area contributed by atoms with Gasteiger partial charge in [0.05, 0.1) is 0 Å². The van der Waals surface area contributed by atoms with E-state index in [1.54, 1.807) is 0 Å². The molecule has 0 saturated carbocycles. The number of nitrogens with one attached hydrogen (secondary N) is 1. The second-order valence-corrected chi connectivity index (χ2v) is 4.33. The van der Waals surface area contributed by atoms with Crippen LogP contribution in [0.2, 0.25) is 0 Å². The molecule has 0 radical (unpaired) electrons. The summed E-state index contributed by atoms with van der Waals surface area (Å²) in [5.41, 5.74) is 2.03. The zero-order chi connectivity index (χ0) is 11.3. The quantitative estimate of drug-likeness (QED) is 0.714. The van der Waals surface area contributed by atoms with E-state index in [0.29, 0.717) is 6.42 Å². The maximum absolute atomic E-state index is 11.8. The van der Waals surface area contributed by atoms with Crippen molar-refractivity contribution >= 4 is 12.0 Å². The van der Waals surface area contributed by atoms with E-state index in [0.717, 1.165) is 23.1 Å². The SMILES string of the molecule is Cc1ccc2c(c1)CC[C@]21OC(=O)NC1=O. The lowest BCUT2D eigenvalue weighted by Crippen LogP contribution is -2.34. The van der Waals surface area contributed by atoms with Crippen molar-refractivity contribution in [1.29, 1.82) is 0 Å². The van der Waals surface area contributed by atoms with Crippen molar-refractivity contribution < 1.29 is 14.3 Å². The van der Waals surface area contributed by atoms with Crippen molar-refractivity contribution in [1.82, 2.24) is 5.32 Å². The molecule has 82 valence electrons. The maximum Gasteiger partial charge on any atom is 0.415 e. The number of benzene rings is 1. The number of carbonyl (C=O) groups excluding carboxylic acids is 2. The van der Waals surface area contributed by atoms with Gasteiger partial charge in [-0.05, 0) is 18.9 Å². The average molecular weight is 217 g/mol. The van der Waals surface area contributed by atoms with Gasteiger partial charge in [0.2, 0.25) is 5.60 Å². The molecule has 2 aliphatic rings. The maximum atomic E-state index is 11.8. The molecule has 1 N–H and O–H groups in total. The number of carbonyl (C=O) groups is 2. The summed E-state index contributed by atoms with van der Waals surface area (Å²) in [6.07, 6.45) is 0.680. The first-order valence-electron chi connectivity index (χ1n) is 5.26. The standard InChI is InChI=1S/C12H11NO3/c1-7-2-3-9-8(6-7)4-5-12(9)10(14)13-11(15)16-12/h2-3,6H,4-5H2,1H3,(H,13,14,15)/t12-/m0/s1. The molecule has 3 rings (SSSR count). The molecule has 1 fully saturated rings. The van der Waals surface area contributed by atoms with E-state index >= 15 is 0 Å². The summed E-state index contributed by atoms with van der Waals surface area (Å²) in [5.74, 6) is -0.333. The van der Waals surface area contributed by atoms with E-state index < -0.39 is 11.7 Å². The van der Waals surface area contributed by atoms with Crippen LogP contribution in [0.15, 0.2) is 18.2 Å². The number of amides is 2. The van der Waals surface area contributed by atoms with E-state index in [1.807, 2.05) is 25.1 Å². The summed E-state index contributed by atoms with van der Waals surface area (Å²) in [6, 6.07) is 5.87. The Bertz CT molecular complexity index is 509. The van der Waals surface area contributed by atoms with E-state index in [-0.39, 0.29) is 5.91 Å². The number of rotatable bonds is 0. The fourth-order valence-corrected chi connectivity index (χ4v) is 2.53. The minimum Gasteiger partial charge on any atom is -0.427 e. The third kappa shape index (κ3) is 1.04. The first-order valence-corrected chi connectivity index (χ1v) is 5.26.